The standard InChI is InChI=1S/C13H24O/c1-6-11-14-13(5,7-2)10-8-9-12(3)4/h6-7,12H,1-2,8-11H2,3-5H3. The largest absolute Gasteiger partial charge is 0.367 e. The summed E-state index contributed by atoms with van der Waals surface area (Å²) in [5, 5.41) is 0. The summed E-state index contributed by atoms with van der Waals surface area (Å²) < 4.78 is 5.67. The maximum Gasteiger partial charge on any atom is 0.0836 e. The van der Waals surface area contributed by atoms with E-state index in [0.29, 0.717) is 6.61 Å². The quantitative estimate of drug-likeness (QED) is 0.534. The lowest BCUT2D eigenvalue weighted by Crippen LogP contribution is -2.26. The van der Waals surface area contributed by atoms with Crippen LogP contribution in [-0.2, 0) is 4.74 Å². The maximum absolute atomic E-state index is 5.67. The van der Waals surface area contributed by atoms with Crippen LogP contribution >= 0.6 is 0 Å². The van der Waals surface area contributed by atoms with Crippen LogP contribution in [0.1, 0.15) is 40.0 Å². The zero-order chi connectivity index (χ0) is 11.0. The van der Waals surface area contributed by atoms with Gasteiger partial charge >= 0.3 is 0 Å². The fourth-order valence-corrected chi connectivity index (χ4v) is 1.34. The third-order valence-corrected chi connectivity index (χ3v) is 2.42. The predicted octanol–water partition coefficient (Wildman–Crippen LogP) is 3.96. The molecular weight excluding hydrogens is 172 g/mol. The number of hydrogen-bond donors (Lipinski definition) is 0. The first-order valence-corrected chi connectivity index (χ1v) is 5.42. The van der Waals surface area contributed by atoms with Gasteiger partial charge in [0, 0.05) is 0 Å². The molecule has 0 N–H and O–H groups in total. The Labute approximate surface area is 88.9 Å². The van der Waals surface area contributed by atoms with Crippen molar-refractivity contribution in [1.29, 1.82) is 0 Å². The van der Waals surface area contributed by atoms with Gasteiger partial charge in [-0.1, -0.05) is 38.8 Å². The van der Waals surface area contributed by atoms with Crippen LogP contribution in [0.4, 0.5) is 0 Å². The van der Waals surface area contributed by atoms with Crippen LogP contribution in [0.3, 0.4) is 0 Å². The minimum atomic E-state index is -0.177. The van der Waals surface area contributed by atoms with Gasteiger partial charge in [0.05, 0.1) is 12.2 Å². The van der Waals surface area contributed by atoms with Crippen LogP contribution in [0.5, 0.6) is 0 Å². The summed E-state index contributed by atoms with van der Waals surface area (Å²) in [6.07, 6.45) is 7.17. The fraction of sp³-hybridized carbons (Fsp3) is 0.692. The summed E-state index contributed by atoms with van der Waals surface area (Å²) in [7, 11) is 0. The second-order valence-electron chi connectivity index (χ2n) is 4.40. The number of ether oxygens (including phenoxy) is 1. The Morgan fingerprint density at radius 1 is 1.36 bits per heavy atom. The van der Waals surface area contributed by atoms with Crippen molar-refractivity contribution in [2.24, 2.45) is 5.92 Å². The third-order valence-electron chi connectivity index (χ3n) is 2.42. The average molecular weight is 196 g/mol. The van der Waals surface area contributed by atoms with Crippen molar-refractivity contribution < 1.29 is 4.74 Å². The Balaban J connectivity index is 3.85. The lowest BCUT2D eigenvalue weighted by molar-refractivity contribution is 0.0150. The van der Waals surface area contributed by atoms with Gasteiger partial charge in [0.25, 0.3) is 0 Å². The van der Waals surface area contributed by atoms with Gasteiger partial charge in [-0.2, -0.15) is 0 Å². The molecule has 0 heterocycles. The second-order valence-corrected chi connectivity index (χ2v) is 4.40. The molecule has 0 rings (SSSR count). The monoisotopic (exact) mass is 196 g/mol. The van der Waals surface area contributed by atoms with E-state index in [1.807, 2.05) is 6.08 Å². The molecule has 0 spiro atoms. The Morgan fingerprint density at radius 2 is 2.00 bits per heavy atom. The van der Waals surface area contributed by atoms with E-state index in [9.17, 15) is 0 Å². The van der Waals surface area contributed by atoms with Crippen LogP contribution in [0.15, 0.2) is 25.3 Å². The lowest BCUT2D eigenvalue weighted by atomic mass is 9.96. The summed E-state index contributed by atoms with van der Waals surface area (Å²) in [6, 6.07) is 0. The van der Waals surface area contributed by atoms with Gasteiger partial charge in [-0.05, 0) is 19.3 Å². The average Bonchev–Trinajstić information content (AvgIpc) is 2.14. The van der Waals surface area contributed by atoms with E-state index in [1.54, 1.807) is 6.08 Å². The van der Waals surface area contributed by atoms with Crippen molar-refractivity contribution >= 4 is 0 Å². The predicted molar refractivity (Wildman–Crippen MR) is 63.4 cm³/mol. The first-order chi connectivity index (χ1) is 6.54. The van der Waals surface area contributed by atoms with E-state index in [-0.39, 0.29) is 5.60 Å². The molecule has 0 bridgehead atoms. The SMILES string of the molecule is C=CCOC(C)(C=C)CCCC(C)C. The van der Waals surface area contributed by atoms with E-state index in [1.165, 1.54) is 12.8 Å². The second kappa shape index (κ2) is 6.83. The molecule has 0 aliphatic heterocycles. The van der Waals surface area contributed by atoms with Crippen LogP contribution in [0, 0.1) is 5.92 Å². The highest BCUT2D eigenvalue weighted by atomic mass is 16.5. The Bertz CT molecular complexity index is 172. The van der Waals surface area contributed by atoms with Gasteiger partial charge in [-0.25, -0.2) is 0 Å². The molecule has 0 aromatic carbocycles. The summed E-state index contributed by atoms with van der Waals surface area (Å²) >= 11 is 0. The first kappa shape index (κ1) is 13.4. The first-order valence-electron chi connectivity index (χ1n) is 5.42. The van der Waals surface area contributed by atoms with E-state index < -0.39 is 0 Å². The van der Waals surface area contributed by atoms with Crippen molar-refractivity contribution in [2.75, 3.05) is 6.61 Å². The third kappa shape index (κ3) is 5.98. The normalized spacial score (nSPS) is 15.1. The molecular formula is C13H24O. The molecule has 1 atom stereocenters. The van der Waals surface area contributed by atoms with Gasteiger partial charge in [-0.15, -0.1) is 13.2 Å². The molecule has 0 aliphatic rings. The zero-order valence-corrected chi connectivity index (χ0v) is 9.88. The zero-order valence-electron chi connectivity index (χ0n) is 9.88. The summed E-state index contributed by atoms with van der Waals surface area (Å²) in [5.41, 5.74) is -0.177. The summed E-state index contributed by atoms with van der Waals surface area (Å²) in [6.45, 7) is 14.7. The van der Waals surface area contributed by atoms with E-state index >= 15 is 0 Å². The van der Waals surface area contributed by atoms with Crippen LogP contribution in [-0.4, -0.2) is 12.2 Å². The Hall–Kier alpha value is -0.560. The molecule has 0 fully saturated rings. The molecule has 14 heavy (non-hydrogen) atoms. The minimum absolute atomic E-state index is 0.177. The topological polar surface area (TPSA) is 9.23 Å². The molecule has 0 saturated carbocycles. The molecule has 0 aliphatic carbocycles. The molecule has 1 heteroatoms. The number of rotatable bonds is 8. The molecule has 0 amide bonds. The van der Waals surface area contributed by atoms with Gasteiger partial charge in [0.2, 0.25) is 0 Å². The van der Waals surface area contributed by atoms with E-state index in [4.69, 9.17) is 4.74 Å². The van der Waals surface area contributed by atoms with Crippen molar-refractivity contribution in [3.8, 4) is 0 Å². The van der Waals surface area contributed by atoms with Gasteiger partial charge < -0.3 is 4.74 Å². The smallest absolute Gasteiger partial charge is 0.0836 e. The molecule has 82 valence electrons. The molecule has 0 aromatic heterocycles. The highest BCUT2D eigenvalue weighted by Gasteiger charge is 2.19. The highest BCUT2D eigenvalue weighted by molar-refractivity contribution is 4.94. The van der Waals surface area contributed by atoms with Crippen molar-refractivity contribution in [3.05, 3.63) is 25.3 Å². The van der Waals surface area contributed by atoms with Crippen LogP contribution < -0.4 is 0 Å². The molecule has 0 saturated heterocycles. The lowest BCUT2D eigenvalue weighted by Gasteiger charge is -2.26. The van der Waals surface area contributed by atoms with E-state index in [2.05, 4.69) is 33.9 Å². The fourth-order valence-electron chi connectivity index (χ4n) is 1.34. The Kier molecular flexibility index (Phi) is 6.56. The Morgan fingerprint density at radius 3 is 2.43 bits per heavy atom. The molecule has 1 nitrogen and oxygen atoms in total. The van der Waals surface area contributed by atoms with Crippen molar-refractivity contribution in [1.82, 2.24) is 0 Å². The van der Waals surface area contributed by atoms with Crippen molar-refractivity contribution in [3.63, 3.8) is 0 Å². The molecule has 1 unspecified atom stereocenters. The highest BCUT2D eigenvalue weighted by Crippen LogP contribution is 2.21. The van der Waals surface area contributed by atoms with Crippen LogP contribution in [0.25, 0.3) is 0 Å². The molecule has 0 aromatic rings. The van der Waals surface area contributed by atoms with E-state index in [0.717, 1.165) is 12.3 Å². The number of hydrogen-bond acceptors (Lipinski definition) is 1. The minimum Gasteiger partial charge on any atom is -0.367 e. The van der Waals surface area contributed by atoms with Gasteiger partial charge in [-0.3, -0.25) is 0 Å². The van der Waals surface area contributed by atoms with Gasteiger partial charge in [0.15, 0.2) is 0 Å². The maximum atomic E-state index is 5.67. The van der Waals surface area contributed by atoms with Gasteiger partial charge in [0.1, 0.15) is 0 Å². The van der Waals surface area contributed by atoms with Crippen molar-refractivity contribution in [2.45, 2.75) is 45.6 Å². The molecule has 0 radical (unpaired) electrons. The summed E-state index contributed by atoms with van der Waals surface area (Å²) in [4.78, 5) is 0. The summed E-state index contributed by atoms with van der Waals surface area (Å²) in [5.74, 6) is 0.767. The van der Waals surface area contributed by atoms with Crippen LogP contribution in [0.2, 0.25) is 0 Å².